The van der Waals surface area contributed by atoms with Crippen LogP contribution in [0.1, 0.15) is 30.0 Å². The first kappa shape index (κ1) is 22.6. The Hall–Kier alpha value is -3.10. The lowest BCUT2D eigenvalue weighted by Gasteiger charge is -2.30. The van der Waals surface area contributed by atoms with Crippen LogP contribution in [0.25, 0.3) is 10.8 Å². The van der Waals surface area contributed by atoms with Crippen molar-refractivity contribution in [3.63, 3.8) is 0 Å². The van der Waals surface area contributed by atoms with Gasteiger partial charge in [-0.1, -0.05) is 47.9 Å². The number of carbonyl (C=O) groups is 1. The maximum absolute atomic E-state index is 11.3. The summed E-state index contributed by atoms with van der Waals surface area (Å²) in [4.78, 5) is 14.5. The molecule has 0 aliphatic carbocycles. The molecule has 0 saturated carbocycles. The largest absolute Gasteiger partial charge is 0.481 e. The molecule has 0 aromatic heterocycles. The fraction of sp³-hybridized carbons (Fsp3) is 0.269. The summed E-state index contributed by atoms with van der Waals surface area (Å²) in [6, 6.07) is 16.4. The Bertz CT molecular complexity index is 1130. The van der Waals surface area contributed by atoms with Crippen LogP contribution >= 0.6 is 11.9 Å². The number of carboxylic acid groups (broad SMARTS) is 1. The highest BCUT2D eigenvalue weighted by Gasteiger charge is 2.19. The van der Waals surface area contributed by atoms with Gasteiger partial charge in [0.1, 0.15) is 0 Å². The second kappa shape index (κ2) is 9.80. The molecule has 3 aromatic rings. The monoisotopic (exact) mass is 432 g/mol. The standard InChI is InChI=1S/C26H28N2O2S/c1-6-13-28(20(5)16-25(29)30)24-12-11-23(21-9-7-8-10-22(21)24)27-31-26-18(3)14-17(2)15-19(26)4/h1,7-12,14-15,20,27H,13,16H2,2-5H3,(H,29,30)/t20-/m0/s1. The van der Waals surface area contributed by atoms with Crippen LogP contribution in [0.5, 0.6) is 0 Å². The summed E-state index contributed by atoms with van der Waals surface area (Å²) in [5, 5.41) is 11.4. The van der Waals surface area contributed by atoms with Crippen molar-refractivity contribution in [3.05, 3.63) is 65.2 Å². The van der Waals surface area contributed by atoms with E-state index in [1.807, 2.05) is 36.1 Å². The van der Waals surface area contributed by atoms with Crippen molar-refractivity contribution in [1.82, 2.24) is 0 Å². The zero-order chi connectivity index (χ0) is 22.5. The van der Waals surface area contributed by atoms with Gasteiger partial charge >= 0.3 is 5.97 Å². The van der Waals surface area contributed by atoms with Gasteiger partial charge in [-0.2, -0.15) is 0 Å². The Kier molecular flexibility index (Phi) is 7.14. The molecule has 0 aliphatic rings. The highest BCUT2D eigenvalue weighted by atomic mass is 32.2. The Labute approximate surface area is 188 Å². The van der Waals surface area contributed by atoms with Gasteiger partial charge in [-0.25, -0.2) is 0 Å². The van der Waals surface area contributed by atoms with E-state index < -0.39 is 5.97 Å². The van der Waals surface area contributed by atoms with Crippen LogP contribution < -0.4 is 9.62 Å². The van der Waals surface area contributed by atoms with Crippen LogP contribution in [0.2, 0.25) is 0 Å². The number of aliphatic carboxylic acids is 1. The molecule has 0 amide bonds. The Morgan fingerprint density at radius 3 is 2.39 bits per heavy atom. The molecule has 1 atom stereocenters. The van der Waals surface area contributed by atoms with Crippen molar-refractivity contribution in [2.75, 3.05) is 16.2 Å². The normalized spacial score (nSPS) is 11.7. The molecule has 31 heavy (non-hydrogen) atoms. The maximum atomic E-state index is 11.3. The summed E-state index contributed by atoms with van der Waals surface area (Å²) >= 11 is 1.62. The van der Waals surface area contributed by atoms with E-state index in [0.717, 1.165) is 22.1 Å². The molecular weight excluding hydrogens is 404 g/mol. The average molecular weight is 433 g/mol. The Balaban J connectivity index is 1.98. The van der Waals surface area contributed by atoms with E-state index in [1.165, 1.54) is 21.6 Å². The zero-order valence-electron chi connectivity index (χ0n) is 18.4. The Morgan fingerprint density at radius 1 is 1.13 bits per heavy atom. The quantitative estimate of drug-likeness (QED) is 0.328. The number of terminal acetylenes is 1. The molecule has 5 heteroatoms. The zero-order valence-corrected chi connectivity index (χ0v) is 19.2. The molecule has 0 spiro atoms. The minimum Gasteiger partial charge on any atom is -0.481 e. The molecule has 3 rings (SSSR count). The lowest BCUT2D eigenvalue weighted by molar-refractivity contribution is -0.137. The van der Waals surface area contributed by atoms with E-state index in [2.05, 4.69) is 55.7 Å². The van der Waals surface area contributed by atoms with Crippen LogP contribution in [0.3, 0.4) is 0 Å². The summed E-state index contributed by atoms with van der Waals surface area (Å²) in [7, 11) is 0. The van der Waals surface area contributed by atoms with Gasteiger partial charge in [-0.3, -0.25) is 4.79 Å². The summed E-state index contributed by atoms with van der Waals surface area (Å²) in [6.07, 6.45) is 5.63. The van der Waals surface area contributed by atoms with Gasteiger partial charge in [0, 0.05) is 27.4 Å². The third-order valence-corrected chi connectivity index (χ3v) is 6.51. The first-order chi connectivity index (χ1) is 14.8. The minimum atomic E-state index is -0.836. The van der Waals surface area contributed by atoms with Gasteiger partial charge < -0.3 is 14.7 Å². The SMILES string of the molecule is C#CCN(c1ccc(NSc2c(C)cc(C)cc2C)c2ccccc12)[C@@H](C)CC(=O)O. The molecule has 3 aromatic carbocycles. The summed E-state index contributed by atoms with van der Waals surface area (Å²) < 4.78 is 3.53. The van der Waals surface area contributed by atoms with Crippen molar-refractivity contribution in [1.29, 1.82) is 0 Å². The average Bonchev–Trinajstić information content (AvgIpc) is 2.71. The molecule has 0 unspecified atom stereocenters. The van der Waals surface area contributed by atoms with Gasteiger partial charge in [0.25, 0.3) is 0 Å². The molecule has 0 fully saturated rings. The van der Waals surface area contributed by atoms with Crippen molar-refractivity contribution in [3.8, 4) is 12.3 Å². The van der Waals surface area contributed by atoms with Gasteiger partial charge in [0.05, 0.1) is 18.7 Å². The predicted octanol–water partition coefficient (Wildman–Crippen LogP) is 6.19. The van der Waals surface area contributed by atoms with Crippen LogP contribution in [0, 0.1) is 33.1 Å². The number of hydrogen-bond acceptors (Lipinski definition) is 4. The fourth-order valence-corrected chi connectivity index (χ4v) is 4.83. The van der Waals surface area contributed by atoms with Crippen LogP contribution in [-0.2, 0) is 4.79 Å². The van der Waals surface area contributed by atoms with E-state index >= 15 is 0 Å². The van der Waals surface area contributed by atoms with E-state index in [4.69, 9.17) is 6.42 Å². The van der Waals surface area contributed by atoms with E-state index in [-0.39, 0.29) is 12.5 Å². The van der Waals surface area contributed by atoms with Gasteiger partial charge in [0.15, 0.2) is 0 Å². The molecule has 0 bridgehead atoms. The fourth-order valence-electron chi connectivity index (χ4n) is 4.00. The molecule has 0 saturated heterocycles. The number of rotatable bonds is 8. The van der Waals surface area contributed by atoms with Crippen LogP contribution in [0.15, 0.2) is 53.4 Å². The number of nitrogens with zero attached hydrogens (tertiary/aromatic N) is 1. The highest BCUT2D eigenvalue weighted by molar-refractivity contribution is 8.00. The topological polar surface area (TPSA) is 52.6 Å². The van der Waals surface area contributed by atoms with Gasteiger partial charge in [0.2, 0.25) is 0 Å². The Morgan fingerprint density at radius 2 is 1.77 bits per heavy atom. The number of aryl methyl sites for hydroxylation is 3. The lowest BCUT2D eigenvalue weighted by atomic mass is 10.0. The van der Waals surface area contributed by atoms with Crippen molar-refractivity contribution in [2.24, 2.45) is 0 Å². The second-order valence-electron chi connectivity index (χ2n) is 7.89. The number of nitrogens with one attached hydrogen (secondary N) is 1. The molecule has 2 N–H and O–H groups in total. The first-order valence-electron chi connectivity index (χ1n) is 10.3. The molecule has 0 aliphatic heterocycles. The summed E-state index contributed by atoms with van der Waals surface area (Å²) in [6.45, 7) is 8.62. The van der Waals surface area contributed by atoms with E-state index in [1.54, 1.807) is 11.9 Å². The van der Waals surface area contributed by atoms with Crippen molar-refractivity contribution in [2.45, 2.75) is 45.1 Å². The molecule has 160 valence electrons. The van der Waals surface area contributed by atoms with Gasteiger partial charge in [-0.05, 0) is 62.9 Å². The minimum absolute atomic E-state index is 0.0256. The first-order valence-corrected chi connectivity index (χ1v) is 11.1. The number of anilines is 2. The van der Waals surface area contributed by atoms with Crippen molar-refractivity contribution >= 4 is 40.1 Å². The molecule has 4 nitrogen and oxygen atoms in total. The smallest absolute Gasteiger partial charge is 0.305 e. The molecular formula is C26H28N2O2S. The number of fused-ring (bicyclic) bond motifs is 1. The molecule has 0 heterocycles. The summed E-state index contributed by atoms with van der Waals surface area (Å²) in [5.74, 6) is 1.84. The maximum Gasteiger partial charge on any atom is 0.305 e. The van der Waals surface area contributed by atoms with E-state index in [0.29, 0.717) is 6.54 Å². The van der Waals surface area contributed by atoms with Gasteiger partial charge in [-0.15, -0.1) is 6.42 Å². The third kappa shape index (κ3) is 5.15. The van der Waals surface area contributed by atoms with Crippen molar-refractivity contribution < 1.29 is 9.90 Å². The van der Waals surface area contributed by atoms with Crippen LogP contribution in [0.4, 0.5) is 11.4 Å². The number of hydrogen-bond donors (Lipinski definition) is 2. The number of benzene rings is 3. The molecule has 0 radical (unpaired) electrons. The van der Waals surface area contributed by atoms with Crippen LogP contribution in [-0.4, -0.2) is 23.7 Å². The summed E-state index contributed by atoms with van der Waals surface area (Å²) in [5.41, 5.74) is 5.71. The third-order valence-electron chi connectivity index (χ3n) is 5.34. The second-order valence-corrected chi connectivity index (χ2v) is 8.71. The number of carboxylic acids is 1. The predicted molar refractivity (Wildman–Crippen MR) is 132 cm³/mol. The highest BCUT2D eigenvalue weighted by Crippen LogP contribution is 2.36. The van der Waals surface area contributed by atoms with E-state index in [9.17, 15) is 9.90 Å². The lowest BCUT2D eigenvalue weighted by Crippen LogP contribution is -2.35.